The summed E-state index contributed by atoms with van der Waals surface area (Å²) in [7, 11) is 0. The van der Waals surface area contributed by atoms with Gasteiger partial charge in [0.25, 0.3) is 0 Å². The van der Waals surface area contributed by atoms with Crippen molar-refractivity contribution in [2.45, 2.75) is 6.54 Å². The number of rotatable bonds is 3. The van der Waals surface area contributed by atoms with Crippen molar-refractivity contribution in [3.63, 3.8) is 0 Å². The van der Waals surface area contributed by atoms with Gasteiger partial charge in [0.1, 0.15) is 5.82 Å². The van der Waals surface area contributed by atoms with E-state index in [0.717, 1.165) is 16.7 Å². The molecule has 20 heavy (non-hydrogen) atoms. The molecule has 0 aliphatic rings. The first-order valence-corrected chi connectivity index (χ1v) is 7.04. The number of halogens is 2. The highest BCUT2D eigenvalue weighted by atomic mass is 79.9. The Balaban J connectivity index is 1.86. The van der Waals surface area contributed by atoms with E-state index in [9.17, 15) is 4.39 Å². The summed E-state index contributed by atoms with van der Waals surface area (Å²) in [6, 6.07) is 15.1. The van der Waals surface area contributed by atoms with Crippen molar-refractivity contribution in [1.82, 2.24) is 9.78 Å². The van der Waals surface area contributed by atoms with E-state index in [-0.39, 0.29) is 5.82 Å². The molecule has 0 aliphatic heterocycles. The van der Waals surface area contributed by atoms with Crippen LogP contribution in [0.5, 0.6) is 0 Å². The fourth-order valence-electron chi connectivity index (χ4n) is 2.07. The summed E-state index contributed by atoms with van der Waals surface area (Å²) in [5, 5.41) is 4.33. The van der Waals surface area contributed by atoms with Gasteiger partial charge in [-0.15, -0.1) is 0 Å². The number of hydrogen-bond acceptors (Lipinski definition) is 1. The molecule has 3 aromatic rings. The van der Waals surface area contributed by atoms with Gasteiger partial charge in [-0.1, -0.05) is 42.5 Å². The molecule has 4 heteroatoms. The van der Waals surface area contributed by atoms with Crippen LogP contribution in [-0.4, -0.2) is 9.78 Å². The number of hydrogen-bond donors (Lipinski definition) is 0. The zero-order valence-electron chi connectivity index (χ0n) is 10.6. The minimum Gasteiger partial charge on any atom is -0.268 e. The predicted octanol–water partition coefficient (Wildman–Crippen LogP) is 4.50. The molecule has 0 bridgehead atoms. The van der Waals surface area contributed by atoms with Gasteiger partial charge in [0.05, 0.1) is 17.2 Å². The largest absolute Gasteiger partial charge is 0.268 e. The maximum Gasteiger partial charge on any atom is 0.137 e. The van der Waals surface area contributed by atoms with Crippen molar-refractivity contribution in [2.24, 2.45) is 0 Å². The minimum absolute atomic E-state index is 0.252. The van der Waals surface area contributed by atoms with Crippen molar-refractivity contribution in [2.75, 3.05) is 0 Å². The van der Waals surface area contributed by atoms with Gasteiger partial charge in [0, 0.05) is 11.8 Å². The molecule has 0 aliphatic carbocycles. The fourth-order valence-corrected chi connectivity index (χ4v) is 2.46. The van der Waals surface area contributed by atoms with E-state index in [4.69, 9.17) is 0 Å². The van der Waals surface area contributed by atoms with E-state index in [1.54, 1.807) is 6.07 Å². The Hall–Kier alpha value is -1.94. The van der Waals surface area contributed by atoms with Gasteiger partial charge >= 0.3 is 0 Å². The first kappa shape index (κ1) is 13.1. The van der Waals surface area contributed by atoms with E-state index in [2.05, 4.69) is 21.0 Å². The second kappa shape index (κ2) is 5.59. The highest BCUT2D eigenvalue weighted by Crippen LogP contribution is 2.22. The van der Waals surface area contributed by atoms with Crippen LogP contribution in [0.15, 0.2) is 65.4 Å². The zero-order chi connectivity index (χ0) is 13.9. The van der Waals surface area contributed by atoms with E-state index in [0.29, 0.717) is 11.0 Å². The number of aromatic nitrogens is 2. The molecular formula is C16H12BrFN2. The molecule has 1 aromatic heterocycles. The highest BCUT2D eigenvalue weighted by Gasteiger charge is 2.07. The van der Waals surface area contributed by atoms with Crippen LogP contribution in [0.4, 0.5) is 4.39 Å². The summed E-state index contributed by atoms with van der Waals surface area (Å²) in [5.74, 6) is -0.252. The molecule has 0 amide bonds. The third-order valence-corrected chi connectivity index (χ3v) is 3.99. The maximum atomic E-state index is 13.5. The molecule has 0 spiro atoms. The number of nitrogens with zero attached hydrogens (tertiary/aromatic N) is 2. The summed E-state index contributed by atoms with van der Waals surface area (Å²) >= 11 is 3.27. The minimum atomic E-state index is -0.252. The molecule has 2 aromatic carbocycles. The van der Waals surface area contributed by atoms with Gasteiger partial charge in [0.15, 0.2) is 0 Å². The third-order valence-electron chi connectivity index (χ3n) is 3.10. The lowest BCUT2D eigenvalue weighted by Gasteiger charge is -2.05. The average molecular weight is 331 g/mol. The SMILES string of the molecule is Fc1cccc(Cn2cc(-c3ccccc3)cn2)c1Br. The Morgan fingerprint density at radius 1 is 1.00 bits per heavy atom. The molecule has 100 valence electrons. The Bertz CT molecular complexity index is 722. The van der Waals surface area contributed by atoms with Crippen LogP contribution in [0, 0.1) is 5.82 Å². The summed E-state index contributed by atoms with van der Waals surface area (Å²) in [4.78, 5) is 0. The first-order valence-electron chi connectivity index (χ1n) is 6.25. The second-order valence-electron chi connectivity index (χ2n) is 4.51. The van der Waals surface area contributed by atoms with Crippen molar-refractivity contribution >= 4 is 15.9 Å². The predicted molar refractivity (Wildman–Crippen MR) is 80.9 cm³/mol. The van der Waals surface area contributed by atoms with Crippen LogP contribution in [0.3, 0.4) is 0 Å². The van der Waals surface area contributed by atoms with Gasteiger partial charge in [-0.25, -0.2) is 4.39 Å². The molecule has 0 unspecified atom stereocenters. The van der Waals surface area contributed by atoms with Gasteiger partial charge in [-0.05, 0) is 33.1 Å². The molecule has 2 nitrogen and oxygen atoms in total. The summed E-state index contributed by atoms with van der Waals surface area (Å²) in [5.41, 5.74) is 3.04. The lowest BCUT2D eigenvalue weighted by Crippen LogP contribution is -2.01. The first-order chi connectivity index (χ1) is 9.74. The Kier molecular flexibility index (Phi) is 3.65. The molecule has 0 fully saturated rings. The Labute approximate surface area is 125 Å². The van der Waals surface area contributed by atoms with Gasteiger partial charge in [-0.3, -0.25) is 4.68 Å². The zero-order valence-corrected chi connectivity index (χ0v) is 12.2. The quantitative estimate of drug-likeness (QED) is 0.691. The van der Waals surface area contributed by atoms with E-state index in [1.165, 1.54) is 6.07 Å². The third kappa shape index (κ3) is 2.65. The standard InChI is InChI=1S/C16H12BrFN2/c17-16-13(7-4-8-15(16)18)10-20-11-14(9-19-20)12-5-2-1-3-6-12/h1-9,11H,10H2. The Morgan fingerprint density at radius 2 is 1.80 bits per heavy atom. The highest BCUT2D eigenvalue weighted by molar-refractivity contribution is 9.10. The van der Waals surface area contributed by atoms with E-state index in [1.807, 2.05) is 53.5 Å². The number of benzene rings is 2. The van der Waals surface area contributed by atoms with Crippen LogP contribution in [0.1, 0.15) is 5.56 Å². The molecule has 0 saturated heterocycles. The van der Waals surface area contributed by atoms with Crippen LogP contribution >= 0.6 is 15.9 Å². The van der Waals surface area contributed by atoms with Crippen molar-refractivity contribution in [3.05, 3.63) is 76.8 Å². The molecule has 0 saturated carbocycles. The van der Waals surface area contributed by atoms with Gasteiger partial charge < -0.3 is 0 Å². The molecule has 3 rings (SSSR count). The summed E-state index contributed by atoms with van der Waals surface area (Å²) in [6.45, 7) is 0.533. The summed E-state index contributed by atoms with van der Waals surface area (Å²) in [6.07, 6.45) is 3.79. The molecule has 0 atom stereocenters. The smallest absolute Gasteiger partial charge is 0.137 e. The van der Waals surface area contributed by atoms with Crippen molar-refractivity contribution in [1.29, 1.82) is 0 Å². The van der Waals surface area contributed by atoms with Crippen molar-refractivity contribution < 1.29 is 4.39 Å². The lowest BCUT2D eigenvalue weighted by molar-refractivity contribution is 0.611. The Morgan fingerprint density at radius 3 is 2.60 bits per heavy atom. The van der Waals surface area contributed by atoms with Crippen LogP contribution in [0.25, 0.3) is 11.1 Å². The lowest BCUT2D eigenvalue weighted by atomic mass is 10.1. The maximum absolute atomic E-state index is 13.5. The monoisotopic (exact) mass is 330 g/mol. The van der Waals surface area contributed by atoms with Crippen LogP contribution in [-0.2, 0) is 6.54 Å². The molecule has 1 heterocycles. The van der Waals surface area contributed by atoms with Gasteiger partial charge in [0.2, 0.25) is 0 Å². The van der Waals surface area contributed by atoms with Crippen LogP contribution < -0.4 is 0 Å². The topological polar surface area (TPSA) is 17.8 Å². The van der Waals surface area contributed by atoms with Crippen LogP contribution in [0.2, 0.25) is 0 Å². The molecule has 0 radical (unpaired) electrons. The van der Waals surface area contributed by atoms with Crippen molar-refractivity contribution in [3.8, 4) is 11.1 Å². The normalized spacial score (nSPS) is 10.7. The van der Waals surface area contributed by atoms with E-state index >= 15 is 0 Å². The molecule has 0 N–H and O–H groups in total. The summed E-state index contributed by atoms with van der Waals surface area (Å²) < 4.78 is 15.8. The molecular weight excluding hydrogens is 319 g/mol. The average Bonchev–Trinajstić information content (AvgIpc) is 2.93. The fraction of sp³-hybridized carbons (Fsp3) is 0.0625. The van der Waals surface area contributed by atoms with E-state index < -0.39 is 0 Å². The second-order valence-corrected chi connectivity index (χ2v) is 5.30. The van der Waals surface area contributed by atoms with Gasteiger partial charge in [-0.2, -0.15) is 5.10 Å².